The van der Waals surface area contributed by atoms with Gasteiger partial charge in [0, 0.05) is 49.9 Å². The molecule has 0 radical (unpaired) electrons. The van der Waals surface area contributed by atoms with E-state index in [0.29, 0.717) is 26.1 Å². The number of hydrogen-bond acceptors (Lipinski definition) is 4. The van der Waals surface area contributed by atoms with Crippen LogP contribution in [-0.2, 0) is 11.2 Å². The van der Waals surface area contributed by atoms with Crippen LogP contribution in [0.2, 0.25) is 0 Å². The molecule has 2 atom stereocenters. The van der Waals surface area contributed by atoms with Crippen LogP contribution in [0.3, 0.4) is 0 Å². The molecule has 0 saturated carbocycles. The van der Waals surface area contributed by atoms with Crippen molar-refractivity contribution in [2.24, 2.45) is 5.73 Å². The van der Waals surface area contributed by atoms with Crippen LogP contribution in [-0.4, -0.2) is 47.5 Å². The lowest BCUT2D eigenvalue weighted by atomic mass is 9.90. The highest BCUT2D eigenvalue weighted by Crippen LogP contribution is 2.27. The Balaban J connectivity index is 1.60. The van der Waals surface area contributed by atoms with E-state index < -0.39 is 0 Å². The number of carbonyl (C=O) groups is 1. The normalized spacial score (nSPS) is 19.4. The van der Waals surface area contributed by atoms with Gasteiger partial charge >= 0.3 is 0 Å². The molecule has 5 nitrogen and oxygen atoms in total. The van der Waals surface area contributed by atoms with Crippen LogP contribution < -0.4 is 11.1 Å². The van der Waals surface area contributed by atoms with E-state index in [9.17, 15) is 4.79 Å². The summed E-state index contributed by atoms with van der Waals surface area (Å²) in [4.78, 5) is 20.0. The van der Waals surface area contributed by atoms with Crippen molar-refractivity contribution in [3.05, 3.63) is 102 Å². The molecule has 1 unspecified atom stereocenters. The van der Waals surface area contributed by atoms with Crippen molar-refractivity contribution >= 4 is 5.91 Å². The molecule has 1 amide bonds. The van der Waals surface area contributed by atoms with Gasteiger partial charge in [-0.15, -0.1) is 0 Å². The highest BCUT2D eigenvalue weighted by molar-refractivity contribution is 5.82. The van der Waals surface area contributed by atoms with E-state index in [2.05, 4.69) is 58.8 Å². The summed E-state index contributed by atoms with van der Waals surface area (Å²) in [5.41, 5.74) is 9.34. The van der Waals surface area contributed by atoms with Crippen LogP contribution >= 0.6 is 0 Å². The molecule has 160 valence electrons. The molecular weight excluding hydrogens is 384 g/mol. The lowest BCUT2D eigenvalue weighted by Gasteiger charge is -2.29. The quantitative estimate of drug-likeness (QED) is 0.624. The van der Waals surface area contributed by atoms with E-state index in [1.807, 2.05) is 35.2 Å². The third kappa shape index (κ3) is 5.37. The molecular formula is C26H30N4O. The fraction of sp³-hybridized carbons (Fsp3) is 0.308. The predicted molar refractivity (Wildman–Crippen MR) is 124 cm³/mol. The van der Waals surface area contributed by atoms with E-state index in [1.165, 1.54) is 11.1 Å². The Morgan fingerprint density at radius 2 is 1.61 bits per heavy atom. The summed E-state index contributed by atoms with van der Waals surface area (Å²) in [7, 11) is 0. The van der Waals surface area contributed by atoms with Gasteiger partial charge in [-0.25, -0.2) is 0 Å². The molecule has 0 spiro atoms. The second-order valence-corrected chi connectivity index (χ2v) is 8.12. The van der Waals surface area contributed by atoms with Gasteiger partial charge in [0.2, 0.25) is 5.91 Å². The number of benzene rings is 2. The standard InChI is InChI=1S/C26H30N4O/c27-18-23-14-16-30(26(31)25(29-23)17-22-13-7-8-15-28-22)19-24(20-9-3-1-4-10-20)21-11-5-2-6-12-21/h1-13,15,23-25,29H,14,16-19,27H2/t23?,25-/m0/s1. The van der Waals surface area contributed by atoms with Crippen molar-refractivity contribution in [2.45, 2.75) is 30.8 Å². The van der Waals surface area contributed by atoms with Crippen molar-refractivity contribution in [1.29, 1.82) is 0 Å². The average molecular weight is 415 g/mol. The van der Waals surface area contributed by atoms with E-state index in [1.54, 1.807) is 6.20 Å². The molecule has 3 N–H and O–H groups in total. The lowest BCUT2D eigenvalue weighted by Crippen LogP contribution is -2.49. The first-order valence-corrected chi connectivity index (χ1v) is 11.0. The number of pyridine rings is 1. The van der Waals surface area contributed by atoms with Crippen LogP contribution in [0.15, 0.2) is 85.1 Å². The minimum absolute atomic E-state index is 0.120. The zero-order valence-electron chi connectivity index (χ0n) is 17.7. The second kappa shape index (κ2) is 10.3. The zero-order chi connectivity index (χ0) is 21.5. The molecule has 3 aromatic rings. The molecule has 4 rings (SSSR count). The number of nitrogens with one attached hydrogen (secondary N) is 1. The van der Waals surface area contributed by atoms with Crippen LogP contribution in [0.4, 0.5) is 0 Å². The van der Waals surface area contributed by atoms with Crippen molar-refractivity contribution in [3.63, 3.8) is 0 Å². The maximum Gasteiger partial charge on any atom is 0.240 e. The third-order valence-corrected chi connectivity index (χ3v) is 6.02. The van der Waals surface area contributed by atoms with Crippen molar-refractivity contribution < 1.29 is 4.79 Å². The largest absolute Gasteiger partial charge is 0.340 e. The number of rotatable bonds is 7. The van der Waals surface area contributed by atoms with Gasteiger partial charge in [0.05, 0.1) is 6.04 Å². The highest BCUT2D eigenvalue weighted by Gasteiger charge is 2.32. The molecule has 0 bridgehead atoms. The summed E-state index contributed by atoms with van der Waals surface area (Å²) < 4.78 is 0. The molecule has 1 aliphatic heterocycles. The van der Waals surface area contributed by atoms with Crippen LogP contribution in [0.25, 0.3) is 0 Å². The third-order valence-electron chi connectivity index (χ3n) is 6.02. The van der Waals surface area contributed by atoms with Crippen molar-refractivity contribution in [3.8, 4) is 0 Å². The zero-order valence-corrected chi connectivity index (χ0v) is 17.7. The lowest BCUT2D eigenvalue weighted by molar-refractivity contribution is -0.132. The van der Waals surface area contributed by atoms with Crippen molar-refractivity contribution in [1.82, 2.24) is 15.2 Å². The molecule has 2 aromatic carbocycles. The van der Waals surface area contributed by atoms with Crippen LogP contribution in [0.1, 0.15) is 29.2 Å². The van der Waals surface area contributed by atoms with E-state index in [-0.39, 0.29) is 23.9 Å². The first kappa shape index (κ1) is 21.2. The highest BCUT2D eigenvalue weighted by atomic mass is 16.2. The van der Waals surface area contributed by atoms with E-state index >= 15 is 0 Å². The van der Waals surface area contributed by atoms with E-state index in [4.69, 9.17) is 5.73 Å². The smallest absolute Gasteiger partial charge is 0.240 e. The van der Waals surface area contributed by atoms with Gasteiger partial charge in [-0.1, -0.05) is 66.7 Å². The Bertz CT molecular complexity index is 909. The molecule has 31 heavy (non-hydrogen) atoms. The molecule has 1 fully saturated rings. The first-order valence-electron chi connectivity index (χ1n) is 11.0. The monoisotopic (exact) mass is 414 g/mol. The maximum atomic E-state index is 13.6. The summed E-state index contributed by atoms with van der Waals surface area (Å²) >= 11 is 0. The maximum absolute atomic E-state index is 13.6. The summed E-state index contributed by atoms with van der Waals surface area (Å²) in [6.07, 6.45) is 3.18. The average Bonchev–Trinajstić information content (AvgIpc) is 2.98. The number of aromatic nitrogens is 1. The van der Waals surface area contributed by atoms with Gasteiger partial charge in [0.15, 0.2) is 0 Å². The number of amides is 1. The molecule has 2 heterocycles. The van der Waals surface area contributed by atoms with Gasteiger partial charge in [0.25, 0.3) is 0 Å². The fourth-order valence-corrected chi connectivity index (χ4v) is 4.32. The van der Waals surface area contributed by atoms with Gasteiger partial charge in [-0.2, -0.15) is 0 Å². The summed E-state index contributed by atoms with van der Waals surface area (Å²) in [5, 5.41) is 3.49. The number of nitrogens with zero attached hydrogens (tertiary/aromatic N) is 2. The van der Waals surface area contributed by atoms with Gasteiger partial charge in [-0.3, -0.25) is 9.78 Å². The van der Waals surface area contributed by atoms with E-state index in [0.717, 1.165) is 12.1 Å². The minimum Gasteiger partial charge on any atom is -0.340 e. The van der Waals surface area contributed by atoms with Crippen LogP contribution in [0, 0.1) is 0 Å². The topological polar surface area (TPSA) is 71.2 Å². The van der Waals surface area contributed by atoms with Crippen molar-refractivity contribution in [2.75, 3.05) is 19.6 Å². The first-order chi connectivity index (χ1) is 15.2. The Labute approximate surface area is 184 Å². The molecule has 0 aliphatic carbocycles. The Morgan fingerprint density at radius 1 is 0.968 bits per heavy atom. The summed E-state index contributed by atoms with van der Waals surface area (Å²) in [6, 6.07) is 26.5. The molecule has 1 aliphatic rings. The Kier molecular flexibility index (Phi) is 7.07. The van der Waals surface area contributed by atoms with Gasteiger partial charge in [0.1, 0.15) is 0 Å². The summed E-state index contributed by atoms with van der Waals surface area (Å²) in [6.45, 7) is 1.85. The number of nitrogens with two attached hydrogens (primary N) is 1. The Hall–Kier alpha value is -3.02. The number of carbonyl (C=O) groups excluding carboxylic acids is 1. The SMILES string of the molecule is NCC1CCN(CC(c2ccccc2)c2ccccc2)C(=O)[C@H](Cc2ccccn2)N1. The molecule has 1 saturated heterocycles. The van der Waals surface area contributed by atoms with Gasteiger partial charge < -0.3 is 16.0 Å². The Morgan fingerprint density at radius 3 is 2.19 bits per heavy atom. The predicted octanol–water partition coefficient (Wildman–Crippen LogP) is 2.97. The van der Waals surface area contributed by atoms with Crippen LogP contribution in [0.5, 0.6) is 0 Å². The number of hydrogen-bond donors (Lipinski definition) is 2. The summed E-state index contributed by atoms with van der Waals surface area (Å²) in [5.74, 6) is 0.245. The molecule has 1 aromatic heterocycles. The second-order valence-electron chi connectivity index (χ2n) is 8.12. The minimum atomic E-state index is -0.321. The fourth-order valence-electron chi connectivity index (χ4n) is 4.32. The van der Waals surface area contributed by atoms with Gasteiger partial charge in [-0.05, 0) is 29.7 Å². The molecule has 5 heteroatoms.